The maximum Gasteiger partial charge on any atom is 0.416 e. The molecule has 210 valence electrons. The van der Waals surface area contributed by atoms with Crippen LogP contribution in [0, 0.1) is 0 Å². The fourth-order valence-electron chi connectivity index (χ4n) is 4.22. The molecule has 0 aliphatic heterocycles. The third-order valence-electron chi connectivity index (χ3n) is 6.50. The molecule has 0 atom stereocenters. The summed E-state index contributed by atoms with van der Waals surface area (Å²) in [4.78, 5) is 25.1. The van der Waals surface area contributed by atoms with Crippen molar-refractivity contribution < 1.29 is 32.2 Å². The lowest BCUT2D eigenvalue weighted by molar-refractivity contribution is -0.137. The van der Waals surface area contributed by atoms with Gasteiger partial charge in [0.1, 0.15) is 6.61 Å². The monoisotopic (exact) mass is 534 g/mol. The number of halogens is 3. The zero-order valence-corrected chi connectivity index (χ0v) is 22.5. The number of hydrogen-bond donors (Lipinski definition) is 0. The highest BCUT2D eigenvalue weighted by Gasteiger charge is 2.30. The average Bonchev–Trinajstić information content (AvgIpc) is 2.91. The molecule has 2 rings (SSSR count). The highest BCUT2D eigenvalue weighted by atomic mass is 19.4. The van der Waals surface area contributed by atoms with Gasteiger partial charge in [-0.3, -0.25) is 0 Å². The minimum atomic E-state index is -4.43. The van der Waals surface area contributed by atoms with Crippen LogP contribution in [0.1, 0.15) is 122 Å². The first-order chi connectivity index (χ1) is 18.3. The molecule has 0 aliphatic rings. The molecule has 4 nitrogen and oxygen atoms in total. The van der Waals surface area contributed by atoms with E-state index < -0.39 is 23.7 Å². The van der Waals surface area contributed by atoms with Crippen molar-refractivity contribution >= 4 is 11.9 Å². The molecule has 38 heavy (non-hydrogen) atoms. The van der Waals surface area contributed by atoms with Gasteiger partial charge in [0.15, 0.2) is 0 Å². The Hall–Kier alpha value is -2.83. The fraction of sp³-hybridized carbons (Fsp3) is 0.548. The zero-order valence-electron chi connectivity index (χ0n) is 22.5. The number of esters is 2. The molecule has 7 heteroatoms. The molecule has 0 amide bonds. The Kier molecular flexibility index (Phi) is 14.6. The summed E-state index contributed by atoms with van der Waals surface area (Å²) < 4.78 is 48.7. The van der Waals surface area contributed by atoms with Crippen LogP contribution in [0.2, 0.25) is 0 Å². The van der Waals surface area contributed by atoms with Crippen molar-refractivity contribution in [1.82, 2.24) is 0 Å². The molecule has 0 aliphatic carbocycles. The van der Waals surface area contributed by atoms with E-state index in [0.29, 0.717) is 5.56 Å². The highest BCUT2D eigenvalue weighted by molar-refractivity contribution is 6.03. The van der Waals surface area contributed by atoms with Crippen LogP contribution in [0.25, 0.3) is 0 Å². The van der Waals surface area contributed by atoms with Gasteiger partial charge in [0, 0.05) is 0 Å². The third-order valence-corrected chi connectivity index (χ3v) is 6.50. The van der Waals surface area contributed by atoms with Gasteiger partial charge in [-0.25, -0.2) is 9.59 Å². The van der Waals surface area contributed by atoms with Crippen LogP contribution in [0.15, 0.2) is 48.5 Å². The summed E-state index contributed by atoms with van der Waals surface area (Å²) in [6, 6.07) is 10.6. The number of unbranched alkanes of at least 4 members (excludes halogenated alkanes) is 12. The Bertz CT molecular complexity index is 954. The van der Waals surface area contributed by atoms with Gasteiger partial charge in [-0.1, -0.05) is 108 Å². The molecule has 0 aromatic heterocycles. The second kappa shape index (κ2) is 17.6. The van der Waals surface area contributed by atoms with Crippen molar-refractivity contribution in [1.29, 1.82) is 0 Å². The van der Waals surface area contributed by atoms with E-state index in [1.54, 1.807) is 12.1 Å². The van der Waals surface area contributed by atoms with E-state index in [1.807, 2.05) is 0 Å². The maximum absolute atomic E-state index is 12.7. The first-order valence-electron chi connectivity index (χ1n) is 13.9. The second-order valence-electron chi connectivity index (χ2n) is 9.69. The van der Waals surface area contributed by atoms with Crippen molar-refractivity contribution in [3.63, 3.8) is 0 Å². The van der Waals surface area contributed by atoms with Crippen LogP contribution in [-0.2, 0) is 22.3 Å². The fourth-order valence-corrected chi connectivity index (χ4v) is 4.22. The van der Waals surface area contributed by atoms with Crippen LogP contribution in [-0.4, -0.2) is 18.5 Å². The Morgan fingerprint density at radius 2 is 1.08 bits per heavy atom. The Morgan fingerprint density at radius 1 is 0.632 bits per heavy atom. The van der Waals surface area contributed by atoms with Crippen molar-refractivity contribution in [3.05, 3.63) is 70.8 Å². The second-order valence-corrected chi connectivity index (χ2v) is 9.69. The Morgan fingerprint density at radius 3 is 1.55 bits per heavy atom. The number of ether oxygens (including phenoxy) is 2. The first-order valence-corrected chi connectivity index (χ1v) is 13.9. The van der Waals surface area contributed by atoms with Crippen LogP contribution >= 0.6 is 0 Å². The predicted octanol–water partition coefficient (Wildman–Crippen LogP) is 9.31. The molecule has 0 radical (unpaired) electrons. The molecule has 0 unspecified atom stereocenters. The van der Waals surface area contributed by atoms with E-state index in [0.717, 1.165) is 31.4 Å². The largest absolute Gasteiger partial charge is 0.462 e. The van der Waals surface area contributed by atoms with Crippen molar-refractivity contribution in [3.8, 4) is 0 Å². The number of carbonyl (C=O) groups excluding carboxylic acids is 2. The number of alkyl halides is 3. The lowest BCUT2D eigenvalue weighted by Crippen LogP contribution is -2.14. The minimum absolute atomic E-state index is 0.0646. The lowest BCUT2D eigenvalue weighted by atomic mass is 10.0. The summed E-state index contributed by atoms with van der Waals surface area (Å²) in [6.45, 7) is 2.31. The molecular formula is C31H41F3O4. The summed E-state index contributed by atoms with van der Waals surface area (Å²) in [6.07, 6.45) is 11.5. The average molecular weight is 535 g/mol. The highest BCUT2D eigenvalue weighted by Crippen LogP contribution is 2.29. The molecule has 0 N–H and O–H groups in total. The van der Waals surface area contributed by atoms with Gasteiger partial charge in [0.05, 0.1) is 23.3 Å². The summed E-state index contributed by atoms with van der Waals surface area (Å²) in [7, 11) is 0. The Balaban J connectivity index is 1.64. The molecule has 0 fully saturated rings. The van der Waals surface area contributed by atoms with Crippen molar-refractivity contribution in [2.45, 2.75) is 103 Å². The van der Waals surface area contributed by atoms with E-state index in [2.05, 4.69) is 6.92 Å². The maximum atomic E-state index is 12.7. The van der Waals surface area contributed by atoms with E-state index in [9.17, 15) is 22.8 Å². The van der Waals surface area contributed by atoms with E-state index >= 15 is 0 Å². The summed E-state index contributed by atoms with van der Waals surface area (Å²) in [5.74, 6) is -1.33. The van der Waals surface area contributed by atoms with E-state index in [1.165, 1.54) is 88.5 Å². The van der Waals surface area contributed by atoms with Crippen LogP contribution in [0.5, 0.6) is 0 Å². The summed E-state index contributed by atoms with van der Waals surface area (Å²) in [5, 5.41) is 0. The number of carbonyl (C=O) groups is 2. The molecule has 0 saturated heterocycles. The quantitative estimate of drug-likeness (QED) is 0.141. The smallest absolute Gasteiger partial charge is 0.416 e. The normalized spacial score (nSPS) is 11.4. The summed E-state index contributed by atoms with van der Waals surface area (Å²) >= 11 is 0. The molecule has 0 bridgehead atoms. The van der Waals surface area contributed by atoms with Gasteiger partial charge < -0.3 is 9.47 Å². The molecular weight excluding hydrogens is 493 g/mol. The summed E-state index contributed by atoms with van der Waals surface area (Å²) in [5.41, 5.74) is -0.188. The van der Waals surface area contributed by atoms with Crippen molar-refractivity contribution in [2.24, 2.45) is 0 Å². The topological polar surface area (TPSA) is 52.6 Å². The minimum Gasteiger partial charge on any atom is -0.462 e. The molecule has 0 spiro atoms. The standard InChI is InChI=1S/C31H41F3O4/c1-2-3-4-5-6-7-8-9-10-11-12-13-16-23-37-29(35)27-17-14-15-18-28(27)30(36)38-24-25-19-21-26(22-20-25)31(32,33)34/h14-15,17-22H,2-13,16,23-24H2,1H3. The first kappa shape index (κ1) is 31.4. The van der Waals surface area contributed by atoms with Crippen LogP contribution < -0.4 is 0 Å². The van der Waals surface area contributed by atoms with E-state index in [4.69, 9.17) is 9.47 Å². The third kappa shape index (κ3) is 12.1. The van der Waals surface area contributed by atoms with Gasteiger partial charge in [0.25, 0.3) is 0 Å². The van der Waals surface area contributed by atoms with Gasteiger partial charge in [-0.05, 0) is 36.2 Å². The molecule has 0 heterocycles. The predicted molar refractivity (Wildman–Crippen MR) is 143 cm³/mol. The van der Waals surface area contributed by atoms with Gasteiger partial charge in [-0.15, -0.1) is 0 Å². The van der Waals surface area contributed by atoms with Gasteiger partial charge in [0.2, 0.25) is 0 Å². The number of hydrogen-bond acceptors (Lipinski definition) is 4. The SMILES string of the molecule is CCCCCCCCCCCCCCCOC(=O)c1ccccc1C(=O)OCc1ccc(C(F)(F)F)cc1. The van der Waals surface area contributed by atoms with Crippen LogP contribution in [0.3, 0.4) is 0 Å². The van der Waals surface area contributed by atoms with E-state index in [-0.39, 0.29) is 24.3 Å². The molecule has 2 aromatic carbocycles. The lowest BCUT2D eigenvalue weighted by Gasteiger charge is -2.11. The zero-order chi connectivity index (χ0) is 27.6. The number of benzene rings is 2. The van der Waals surface area contributed by atoms with Gasteiger partial charge >= 0.3 is 18.1 Å². The van der Waals surface area contributed by atoms with Crippen LogP contribution in [0.4, 0.5) is 13.2 Å². The number of rotatable bonds is 18. The molecule has 2 aromatic rings. The van der Waals surface area contributed by atoms with Gasteiger partial charge in [-0.2, -0.15) is 13.2 Å². The molecule has 0 saturated carbocycles. The van der Waals surface area contributed by atoms with Crippen molar-refractivity contribution in [2.75, 3.05) is 6.61 Å². The Labute approximate surface area is 224 Å².